The molecule has 0 saturated carbocycles. The monoisotopic (exact) mass is 324 g/mol. The molecule has 0 nitrogen and oxygen atoms in total. The zero-order valence-electron chi connectivity index (χ0n) is 11.0. The quantitative estimate of drug-likeness (QED) is 0.567. The smallest absolute Gasteiger partial charge is 0.0596 e. The standard InChI is InChI=1S/C16H18BrCl/c1-16(2,3)10-15(18)13-8-9-14(17)12-7-5-4-6-11(12)13/h4-9,15H,10H2,1-3H3. The molecule has 0 radical (unpaired) electrons. The largest absolute Gasteiger partial charge is 0.118 e. The molecule has 0 spiro atoms. The van der Waals surface area contributed by atoms with E-state index in [0.29, 0.717) is 0 Å². The highest BCUT2D eigenvalue weighted by atomic mass is 79.9. The van der Waals surface area contributed by atoms with Crippen molar-refractivity contribution in [1.82, 2.24) is 0 Å². The van der Waals surface area contributed by atoms with Crippen LogP contribution in [0.25, 0.3) is 10.8 Å². The van der Waals surface area contributed by atoms with Gasteiger partial charge in [-0.25, -0.2) is 0 Å². The molecule has 0 heterocycles. The van der Waals surface area contributed by atoms with Gasteiger partial charge in [0.05, 0.1) is 5.38 Å². The Bertz CT molecular complexity index is 555. The van der Waals surface area contributed by atoms with Crippen LogP contribution in [-0.4, -0.2) is 0 Å². The molecule has 0 aromatic heterocycles. The Morgan fingerprint density at radius 3 is 2.28 bits per heavy atom. The van der Waals surface area contributed by atoms with Gasteiger partial charge in [0.25, 0.3) is 0 Å². The van der Waals surface area contributed by atoms with Crippen molar-refractivity contribution in [3.8, 4) is 0 Å². The molecule has 1 atom stereocenters. The van der Waals surface area contributed by atoms with Gasteiger partial charge in [0.1, 0.15) is 0 Å². The molecule has 2 aromatic carbocycles. The molecule has 18 heavy (non-hydrogen) atoms. The minimum atomic E-state index is 0.0583. The lowest BCUT2D eigenvalue weighted by molar-refractivity contribution is 0.373. The Morgan fingerprint density at radius 1 is 1.06 bits per heavy atom. The van der Waals surface area contributed by atoms with Crippen LogP contribution < -0.4 is 0 Å². The van der Waals surface area contributed by atoms with Gasteiger partial charge in [-0.15, -0.1) is 11.6 Å². The second kappa shape index (κ2) is 5.22. The van der Waals surface area contributed by atoms with Gasteiger partial charge in [-0.05, 0) is 34.2 Å². The SMILES string of the molecule is CC(C)(C)CC(Cl)c1ccc(Br)c2ccccc12. The first kappa shape index (κ1) is 13.9. The summed E-state index contributed by atoms with van der Waals surface area (Å²) in [7, 11) is 0. The molecule has 0 aliphatic heterocycles. The third-order valence-corrected chi connectivity index (χ3v) is 4.11. The van der Waals surface area contributed by atoms with Crippen molar-refractivity contribution in [2.75, 3.05) is 0 Å². The molecule has 1 unspecified atom stereocenters. The maximum absolute atomic E-state index is 6.61. The van der Waals surface area contributed by atoms with E-state index in [1.165, 1.54) is 16.3 Å². The van der Waals surface area contributed by atoms with Crippen LogP contribution in [0.3, 0.4) is 0 Å². The molecule has 0 saturated heterocycles. The molecule has 2 rings (SSSR count). The molecule has 2 aromatic rings. The molecular weight excluding hydrogens is 308 g/mol. The fraction of sp³-hybridized carbons (Fsp3) is 0.375. The Labute approximate surface area is 122 Å². The summed E-state index contributed by atoms with van der Waals surface area (Å²) in [4.78, 5) is 0. The van der Waals surface area contributed by atoms with E-state index in [2.05, 4.69) is 73.1 Å². The summed E-state index contributed by atoms with van der Waals surface area (Å²) in [6.07, 6.45) is 0.972. The van der Waals surface area contributed by atoms with Crippen molar-refractivity contribution >= 4 is 38.3 Å². The number of alkyl halides is 1. The van der Waals surface area contributed by atoms with Crippen LogP contribution in [0.5, 0.6) is 0 Å². The average Bonchev–Trinajstić information content (AvgIpc) is 2.27. The highest BCUT2D eigenvalue weighted by Gasteiger charge is 2.20. The average molecular weight is 326 g/mol. The van der Waals surface area contributed by atoms with E-state index in [1.807, 2.05) is 0 Å². The van der Waals surface area contributed by atoms with Gasteiger partial charge in [0, 0.05) is 4.47 Å². The number of benzene rings is 2. The van der Waals surface area contributed by atoms with Crippen molar-refractivity contribution in [3.63, 3.8) is 0 Å². The summed E-state index contributed by atoms with van der Waals surface area (Å²) in [6, 6.07) is 12.6. The first-order valence-corrected chi connectivity index (χ1v) is 7.43. The summed E-state index contributed by atoms with van der Waals surface area (Å²) < 4.78 is 1.13. The fourth-order valence-electron chi connectivity index (χ4n) is 2.21. The van der Waals surface area contributed by atoms with Gasteiger partial charge in [0.15, 0.2) is 0 Å². The predicted molar refractivity (Wildman–Crippen MR) is 84.3 cm³/mol. The van der Waals surface area contributed by atoms with Gasteiger partial charge >= 0.3 is 0 Å². The number of hydrogen-bond acceptors (Lipinski definition) is 0. The van der Waals surface area contributed by atoms with Crippen LogP contribution in [-0.2, 0) is 0 Å². The molecular formula is C16H18BrCl. The van der Waals surface area contributed by atoms with Gasteiger partial charge in [-0.3, -0.25) is 0 Å². The number of halogens is 2. The molecule has 96 valence electrons. The summed E-state index contributed by atoms with van der Waals surface area (Å²) >= 11 is 10.2. The van der Waals surface area contributed by atoms with Crippen LogP contribution in [0.2, 0.25) is 0 Å². The fourth-order valence-corrected chi connectivity index (χ4v) is 3.34. The molecule has 0 amide bonds. The second-order valence-corrected chi connectivity index (χ2v) is 7.30. The second-order valence-electron chi connectivity index (χ2n) is 5.91. The number of rotatable bonds is 2. The Hall–Kier alpha value is -0.530. The highest BCUT2D eigenvalue weighted by Crippen LogP contribution is 2.38. The van der Waals surface area contributed by atoms with Crippen LogP contribution >= 0.6 is 27.5 Å². The van der Waals surface area contributed by atoms with E-state index in [0.717, 1.165) is 10.9 Å². The summed E-state index contributed by atoms with van der Waals surface area (Å²) in [5, 5.41) is 2.54. The van der Waals surface area contributed by atoms with E-state index in [1.54, 1.807) is 0 Å². The first-order valence-electron chi connectivity index (χ1n) is 6.20. The van der Waals surface area contributed by atoms with E-state index >= 15 is 0 Å². The van der Waals surface area contributed by atoms with Gasteiger partial charge < -0.3 is 0 Å². The zero-order chi connectivity index (χ0) is 13.3. The van der Waals surface area contributed by atoms with E-state index in [4.69, 9.17) is 11.6 Å². The maximum atomic E-state index is 6.61. The number of fused-ring (bicyclic) bond motifs is 1. The normalized spacial score (nSPS) is 13.8. The van der Waals surface area contributed by atoms with Crippen LogP contribution in [0.15, 0.2) is 40.9 Å². The molecule has 0 bridgehead atoms. The Morgan fingerprint density at radius 2 is 1.67 bits per heavy atom. The lowest BCUT2D eigenvalue weighted by atomic mass is 9.87. The van der Waals surface area contributed by atoms with E-state index in [-0.39, 0.29) is 10.8 Å². The summed E-state index contributed by atoms with van der Waals surface area (Å²) in [5.74, 6) is 0. The number of hydrogen-bond donors (Lipinski definition) is 0. The third kappa shape index (κ3) is 3.07. The van der Waals surface area contributed by atoms with Crippen LogP contribution in [0.4, 0.5) is 0 Å². The van der Waals surface area contributed by atoms with Gasteiger partial charge in [-0.2, -0.15) is 0 Å². The summed E-state index contributed by atoms with van der Waals surface area (Å²) in [5.41, 5.74) is 1.46. The molecule has 2 heteroatoms. The van der Waals surface area contributed by atoms with Crippen molar-refractivity contribution in [3.05, 3.63) is 46.4 Å². The summed E-state index contributed by atoms with van der Waals surface area (Å²) in [6.45, 7) is 6.68. The van der Waals surface area contributed by atoms with Crippen molar-refractivity contribution in [2.24, 2.45) is 5.41 Å². The predicted octanol–water partition coefficient (Wildman–Crippen LogP) is 6.32. The van der Waals surface area contributed by atoms with Gasteiger partial charge in [0.2, 0.25) is 0 Å². The maximum Gasteiger partial charge on any atom is 0.0596 e. The highest BCUT2D eigenvalue weighted by molar-refractivity contribution is 9.10. The van der Waals surface area contributed by atoms with E-state index < -0.39 is 0 Å². The molecule has 0 aliphatic rings. The minimum absolute atomic E-state index is 0.0583. The lowest BCUT2D eigenvalue weighted by Crippen LogP contribution is -2.08. The zero-order valence-corrected chi connectivity index (χ0v) is 13.3. The van der Waals surface area contributed by atoms with Crippen LogP contribution in [0.1, 0.15) is 38.1 Å². The van der Waals surface area contributed by atoms with Crippen molar-refractivity contribution < 1.29 is 0 Å². The van der Waals surface area contributed by atoms with Crippen molar-refractivity contribution in [1.29, 1.82) is 0 Å². The molecule has 0 aliphatic carbocycles. The minimum Gasteiger partial charge on any atom is -0.118 e. The van der Waals surface area contributed by atoms with E-state index in [9.17, 15) is 0 Å². The molecule has 0 fully saturated rings. The van der Waals surface area contributed by atoms with Gasteiger partial charge in [-0.1, -0.05) is 67.0 Å². The Balaban J connectivity index is 2.49. The topological polar surface area (TPSA) is 0 Å². The van der Waals surface area contributed by atoms with Crippen LogP contribution in [0, 0.1) is 5.41 Å². The van der Waals surface area contributed by atoms with Crippen molar-refractivity contribution in [2.45, 2.75) is 32.6 Å². The third-order valence-electron chi connectivity index (χ3n) is 3.03. The Kier molecular flexibility index (Phi) is 4.03. The lowest BCUT2D eigenvalue weighted by Gasteiger charge is -2.23. The first-order chi connectivity index (χ1) is 8.38. The molecule has 0 N–H and O–H groups in total.